The number of ether oxygens (including phenoxy) is 1. The van der Waals surface area contributed by atoms with Gasteiger partial charge in [-0.1, -0.05) is 0 Å². The predicted octanol–water partition coefficient (Wildman–Crippen LogP) is 3.36. The van der Waals surface area contributed by atoms with Gasteiger partial charge >= 0.3 is 6.09 Å². The smallest absolute Gasteiger partial charge is 0.408 e. The number of thiazole rings is 1. The van der Waals surface area contributed by atoms with Crippen molar-refractivity contribution in [3.8, 4) is 0 Å². The van der Waals surface area contributed by atoms with Crippen LogP contribution in [0.15, 0.2) is 5.38 Å². The van der Waals surface area contributed by atoms with Gasteiger partial charge in [0.2, 0.25) is 0 Å². The largest absolute Gasteiger partial charge is 0.444 e. The molecule has 0 atom stereocenters. The predicted molar refractivity (Wildman–Crippen MR) is 71.7 cm³/mol. The molecule has 4 nitrogen and oxygen atoms in total. The van der Waals surface area contributed by atoms with E-state index in [0.29, 0.717) is 0 Å². The van der Waals surface area contributed by atoms with Crippen LogP contribution in [0.3, 0.4) is 0 Å². The summed E-state index contributed by atoms with van der Waals surface area (Å²) in [7, 11) is 0. The highest BCUT2D eigenvalue weighted by Gasteiger charge is 2.43. The van der Waals surface area contributed by atoms with Gasteiger partial charge < -0.3 is 10.1 Å². The maximum Gasteiger partial charge on any atom is 0.408 e. The molecule has 1 fully saturated rings. The topological polar surface area (TPSA) is 51.2 Å². The lowest BCUT2D eigenvalue weighted by Crippen LogP contribution is -2.52. The molecule has 1 saturated carbocycles. The van der Waals surface area contributed by atoms with Crippen LogP contribution in [-0.4, -0.2) is 16.7 Å². The number of aromatic nitrogens is 1. The van der Waals surface area contributed by atoms with E-state index in [1.54, 1.807) is 11.3 Å². The maximum atomic E-state index is 11.9. The summed E-state index contributed by atoms with van der Waals surface area (Å²) in [6, 6.07) is 0. The van der Waals surface area contributed by atoms with Gasteiger partial charge in [0.05, 0.1) is 5.54 Å². The number of hydrogen-bond acceptors (Lipinski definition) is 4. The van der Waals surface area contributed by atoms with Crippen molar-refractivity contribution in [3.63, 3.8) is 0 Å². The number of carbonyl (C=O) groups excluding carboxylic acids is 1. The monoisotopic (exact) mass is 268 g/mol. The molecule has 1 aliphatic carbocycles. The second-order valence-electron chi connectivity index (χ2n) is 5.86. The van der Waals surface area contributed by atoms with Crippen molar-refractivity contribution >= 4 is 17.4 Å². The molecule has 1 N–H and O–H groups in total. The number of alkyl carbamates (subject to hydrolysis) is 1. The molecule has 1 aromatic rings. The summed E-state index contributed by atoms with van der Waals surface area (Å²) in [5.74, 6) is 0. The van der Waals surface area contributed by atoms with E-state index in [1.165, 1.54) is 0 Å². The molecule has 100 valence electrons. The van der Waals surface area contributed by atoms with Crippen LogP contribution in [0.4, 0.5) is 4.79 Å². The fourth-order valence-corrected chi connectivity index (χ4v) is 3.01. The molecule has 0 aromatic carbocycles. The zero-order valence-corrected chi connectivity index (χ0v) is 12.2. The van der Waals surface area contributed by atoms with Crippen LogP contribution >= 0.6 is 11.3 Å². The van der Waals surface area contributed by atoms with Gasteiger partial charge in [0.15, 0.2) is 0 Å². The number of nitrogens with zero attached hydrogens (tertiary/aromatic N) is 1. The van der Waals surface area contributed by atoms with Crippen LogP contribution < -0.4 is 5.32 Å². The summed E-state index contributed by atoms with van der Waals surface area (Å²) >= 11 is 1.61. The Kier molecular flexibility index (Phi) is 3.36. The fraction of sp³-hybridized carbons (Fsp3) is 0.692. The first-order valence-corrected chi connectivity index (χ1v) is 7.12. The van der Waals surface area contributed by atoms with E-state index in [2.05, 4.69) is 10.3 Å². The average Bonchev–Trinajstić information content (AvgIpc) is 2.55. The zero-order chi connectivity index (χ0) is 13.4. The molecule has 1 aromatic heterocycles. The van der Waals surface area contributed by atoms with E-state index in [0.717, 1.165) is 30.0 Å². The van der Waals surface area contributed by atoms with Crippen molar-refractivity contribution < 1.29 is 9.53 Å². The third-order valence-corrected chi connectivity index (χ3v) is 4.14. The Labute approximate surface area is 112 Å². The number of carbonyl (C=O) groups is 1. The van der Waals surface area contributed by atoms with Gasteiger partial charge in [-0.2, -0.15) is 0 Å². The molecule has 18 heavy (non-hydrogen) atoms. The summed E-state index contributed by atoms with van der Waals surface area (Å²) in [6.45, 7) is 7.58. The third kappa shape index (κ3) is 2.83. The lowest BCUT2D eigenvalue weighted by molar-refractivity contribution is 0.0377. The lowest BCUT2D eigenvalue weighted by atomic mass is 9.77. The van der Waals surface area contributed by atoms with E-state index >= 15 is 0 Å². The molecular weight excluding hydrogens is 248 g/mol. The normalized spacial score (nSPS) is 18.0. The number of aryl methyl sites for hydroxylation is 1. The molecule has 0 radical (unpaired) electrons. The van der Waals surface area contributed by atoms with E-state index in [4.69, 9.17) is 4.74 Å². The van der Waals surface area contributed by atoms with Crippen LogP contribution in [0.1, 0.15) is 50.7 Å². The highest BCUT2D eigenvalue weighted by Crippen LogP contribution is 2.42. The van der Waals surface area contributed by atoms with E-state index in [1.807, 2.05) is 33.1 Å². The molecule has 1 aliphatic rings. The Morgan fingerprint density at radius 1 is 1.50 bits per heavy atom. The van der Waals surface area contributed by atoms with Crippen LogP contribution in [0.25, 0.3) is 0 Å². The molecular formula is C13H20N2O2S. The molecule has 0 unspecified atom stereocenters. The van der Waals surface area contributed by atoms with Crippen LogP contribution in [0, 0.1) is 6.92 Å². The molecule has 0 aliphatic heterocycles. The third-order valence-electron chi connectivity index (χ3n) is 2.98. The van der Waals surface area contributed by atoms with Crippen LogP contribution in [0.2, 0.25) is 0 Å². The standard InChI is InChI=1S/C13H20N2O2S/c1-9-8-18-10(14-9)13(6-5-7-13)15-11(16)17-12(2,3)4/h8H,5-7H2,1-4H3,(H,15,16). The minimum absolute atomic E-state index is 0.290. The fourth-order valence-electron chi connectivity index (χ4n) is 2.00. The Hall–Kier alpha value is -1.10. The highest BCUT2D eigenvalue weighted by molar-refractivity contribution is 7.09. The lowest BCUT2D eigenvalue weighted by Gasteiger charge is -2.40. The Bertz CT molecular complexity index is 444. The minimum atomic E-state index is -0.464. The first kappa shape index (κ1) is 13.3. The zero-order valence-electron chi connectivity index (χ0n) is 11.4. The van der Waals surface area contributed by atoms with Crippen molar-refractivity contribution in [2.45, 2.75) is 58.1 Å². The van der Waals surface area contributed by atoms with Crippen molar-refractivity contribution in [1.82, 2.24) is 10.3 Å². The highest BCUT2D eigenvalue weighted by atomic mass is 32.1. The van der Waals surface area contributed by atoms with Crippen LogP contribution in [0.5, 0.6) is 0 Å². The second-order valence-corrected chi connectivity index (χ2v) is 6.71. The molecule has 5 heteroatoms. The SMILES string of the molecule is Cc1csc(C2(NC(=O)OC(C)(C)C)CCC2)n1. The summed E-state index contributed by atoms with van der Waals surface area (Å²) in [4.78, 5) is 16.4. The molecule has 1 heterocycles. The summed E-state index contributed by atoms with van der Waals surface area (Å²) in [5.41, 5.74) is 0.252. The number of rotatable bonds is 2. The van der Waals surface area contributed by atoms with Gasteiger partial charge in [0.25, 0.3) is 0 Å². The van der Waals surface area contributed by atoms with Crippen molar-refractivity contribution in [1.29, 1.82) is 0 Å². The average molecular weight is 268 g/mol. The van der Waals surface area contributed by atoms with Crippen LogP contribution in [-0.2, 0) is 10.3 Å². The van der Waals surface area contributed by atoms with Gasteiger partial charge in [0.1, 0.15) is 10.6 Å². The van der Waals surface area contributed by atoms with Gasteiger partial charge in [-0.05, 0) is 47.0 Å². The molecule has 0 bridgehead atoms. The quantitative estimate of drug-likeness (QED) is 0.894. The Balaban J connectivity index is 2.08. The van der Waals surface area contributed by atoms with Gasteiger partial charge in [0, 0.05) is 11.1 Å². The first-order valence-electron chi connectivity index (χ1n) is 6.25. The summed E-state index contributed by atoms with van der Waals surface area (Å²) in [6.07, 6.45) is 2.65. The minimum Gasteiger partial charge on any atom is -0.444 e. The van der Waals surface area contributed by atoms with E-state index in [9.17, 15) is 4.79 Å². The van der Waals surface area contributed by atoms with Gasteiger partial charge in [-0.3, -0.25) is 0 Å². The summed E-state index contributed by atoms with van der Waals surface area (Å²) in [5, 5.41) is 6.02. The summed E-state index contributed by atoms with van der Waals surface area (Å²) < 4.78 is 5.32. The van der Waals surface area contributed by atoms with E-state index < -0.39 is 5.60 Å². The number of hydrogen-bond donors (Lipinski definition) is 1. The number of amides is 1. The molecule has 1 amide bonds. The van der Waals surface area contributed by atoms with E-state index in [-0.39, 0.29) is 11.6 Å². The first-order chi connectivity index (χ1) is 8.31. The van der Waals surface area contributed by atoms with Crippen molar-refractivity contribution in [3.05, 3.63) is 16.1 Å². The Morgan fingerprint density at radius 2 is 2.17 bits per heavy atom. The maximum absolute atomic E-state index is 11.9. The van der Waals surface area contributed by atoms with Crippen molar-refractivity contribution in [2.75, 3.05) is 0 Å². The molecule has 0 saturated heterocycles. The number of nitrogens with one attached hydrogen (secondary N) is 1. The Morgan fingerprint density at radius 3 is 2.56 bits per heavy atom. The van der Waals surface area contributed by atoms with Crippen molar-refractivity contribution in [2.24, 2.45) is 0 Å². The van der Waals surface area contributed by atoms with Gasteiger partial charge in [-0.25, -0.2) is 9.78 Å². The second kappa shape index (κ2) is 4.53. The molecule has 0 spiro atoms. The molecule has 2 rings (SSSR count). The van der Waals surface area contributed by atoms with Gasteiger partial charge in [-0.15, -0.1) is 11.3 Å².